The Balaban J connectivity index is 2.09. The van der Waals surface area contributed by atoms with Gasteiger partial charge in [0.05, 0.1) is 5.92 Å². The summed E-state index contributed by atoms with van der Waals surface area (Å²) in [5, 5.41) is 2.65. The fraction of sp³-hybridized carbons (Fsp3) is 0.400. The lowest BCUT2D eigenvalue weighted by atomic mass is 9.97. The Morgan fingerprint density at radius 3 is 2.95 bits per heavy atom. The summed E-state index contributed by atoms with van der Waals surface area (Å²) in [4.78, 5) is 40.1. The first-order chi connectivity index (χ1) is 10.4. The first-order valence-electron chi connectivity index (χ1n) is 7.04. The number of nitrogens with zero attached hydrogens (tertiary/aromatic N) is 1. The number of halogens is 1. The zero-order chi connectivity index (χ0) is 16.3. The van der Waals surface area contributed by atoms with Gasteiger partial charge in [-0.2, -0.15) is 0 Å². The predicted molar refractivity (Wildman–Crippen MR) is 87.6 cm³/mol. The molecule has 7 heteroatoms. The average Bonchev–Trinajstić information content (AvgIpc) is 2.51. The van der Waals surface area contributed by atoms with Crippen molar-refractivity contribution in [1.82, 2.24) is 9.88 Å². The lowest BCUT2D eigenvalue weighted by Gasteiger charge is -2.31. The standard InChI is InChI=1S/C15H18BrN3O3/c1-3-13(20)19-6-4-5-10(8-19)14(21)18-12-7-11(16)9(2)17-15(12)22/h3,7,10H,1,4-6,8H2,2H3,(H,17,22)(H,18,21). The number of pyridine rings is 1. The molecule has 1 unspecified atom stereocenters. The van der Waals surface area contributed by atoms with Crippen molar-refractivity contribution in [2.75, 3.05) is 18.4 Å². The molecule has 118 valence electrons. The number of hydrogen-bond acceptors (Lipinski definition) is 3. The lowest BCUT2D eigenvalue weighted by molar-refractivity contribution is -0.130. The molecule has 1 aromatic heterocycles. The summed E-state index contributed by atoms with van der Waals surface area (Å²) in [5.74, 6) is -0.742. The minimum absolute atomic E-state index is 0.173. The second-order valence-corrected chi connectivity index (χ2v) is 6.16. The highest BCUT2D eigenvalue weighted by Gasteiger charge is 2.27. The van der Waals surface area contributed by atoms with Crippen LogP contribution in [0.15, 0.2) is 28.0 Å². The first kappa shape index (κ1) is 16.5. The van der Waals surface area contributed by atoms with E-state index in [0.717, 1.165) is 10.9 Å². The molecule has 2 heterocycles. The van der Waals surface area contributed by atoms with E-state index in [4.69, 9.17) is 0 Å². The van der Waals surface area contributed by atoms with E-state index in [0.29, 0.717) is 25.2 Å². The maximum absolute atomic E-state index is 12.3. The number of aromatic amines is 1. The van der Waals surface area contributed by atoms with Gasteiger partial charge in [-0.1, -0.05) is 6.58 Å². The molecular formula is C15H18BrN3O3. The van der Waals surface area contributed by atoms with E-state index in [9.17, 15) is 14.4 Å². The van der Waals surface area contributed by atoms with Gasteiger partial charge in [0.2, 0.25) is 11.8 Å². The molecule has 0 aromatic carbocycles. The number of hydrogen-bond donors (Lipinski definition) is 2. The van der Waals surface area contributed by atoms with Crippen LogP contribution >= 0.6 is 15.9 Å². The van der Waals surface area contributed by atoms with E-state index >= 15 is 0 Å². The van der Waals surface area contributed by atoms with Crippen molar-refractivity contribution in [3.05, 3.63) is 39.2 Å². The number of rotatable bonds is 3. The van der Waals surface area contributed by atoms with Gasteiger partial charge in [0, 0.05) is 23.3 Å². The molecular weight excluding hydrogens is 350 g/mol. The summed E-state index contributed by atoms with van der Waals surface area (Å²) in [6, 6.07) is 1.58. The monoisotopic (exact) mass is 367 g/mol. The average molecular weight is 368 g/mol. The van der Waals surface area contributed by atoms with Crippen LogP contribution in [0.25, 0.3) is 0 Å². The van der Waals surface area contributed by atoms with Crippen LogP contribution in [0.4, 0.5) is 5.69 Å². The zero-order valence-electron chi connectivity index (χ0n) is 12.3. The van der Waals surface area contributed by atoms with Gasteiger partial charge in [0.15, 0.2) is 0 Å². The third-order valence-corrected chi connectivity index (χ3v) is 4.53. The van der Waals surface area contributed by atoms with Crippen LogP contribution in [0.1, 0.15) is 18.5 Å². The van der Waals surface area contributed by atoms with E-state index in [1.807, 2.05) is 0 Å². The van der Waals surface area contributed by atoms with Crippen molar-refractivity contribution < 1.29 is 9.59 Å². The molecule has 2 amide bonds. The normalized spacial score (nSPS) is 17.9. The molecule has 1 atom stereocenters. The highest BCUT2D eigenvalue weighted by atomic mass is 79.9. The summed E-state index contributed by atoms with van der Waals surface area (Å²) in [7, 11) is 0. The van der Waals surface area contributed by atoms with Crippen LogP contribution in [0, 0.1) is 12.8 Å². The Bertz CT molecular complexity index is 668. The minimum atomic E-state index is -0.344. The minimum Gasteiger partial charge on any atom is -0.338 e. The Morgan fingerprint density at radius 1 is 1.55 bits per heavy atom. The molecule has 1 saturated heterocycles. The lowest BCUT2D eigenvalue weighted by Crippen LogP contribution is -2.43. The van der Waals surface area contributed by atoms with Crippen molar-refractivity contribution in [2.45, 2.75) is 19.8 Å². The van der Waals surface area contributed by atoms with E-state index in [-0.39, 0.29) is 29.0 Å². The van der Waals surface area contributed by atoms with Gasteiger partial charge >= 0.3 is 0 Å². The Hall–Kier alpha value is -1.89. The quantitative estimate of drug-likeness (QED) is 0.799. The number of piperidine rings is 1. The van der Waals surface area contributed by atoms with Crippen molar-refractivity contribution in [3.63, 3.8) is 0 Å². The number of nitrogens with one attached hydrogen (secondary N) is 2. The number of anilines is 1. The van der Waals surface area contributed by atoms with Crippen LogP contribution in [-0.2, 0) is 9.59 Å². The summed E-state index contributed by atoms with van der Waals surface area (Å²) in [5.41, 5.74) is 0.557. The number of aromatic nitrogens is 1. The molecule has 22 heavy (non-hydrogen) atoms. The predicted octanol–water partition coefficient (Wildman–Crippen LogP) is 1.81. The summed E-state index contributed by atoms with van der Waals surface area (Å²) >= 11 is 3.32. The second kappa shape index (κ2) is 6.91. The first-order valence-corrected chi connectivity index (χ1v) is 7.83. The molecule has 1 aromatic rings. The van der Waals surface area contributed by atoms with Crippen LogP contribution < -0.4 is 10.9 Å². The molecule has 6 nitrogen and oxygen atoms in total. The second-order valence-electron chi connectivity index (χ2n) is 5.30. The van der Waals surface area contributed by atoms with Crippen LogP contribution in [-0.4, -0.2) is 34.8 Å². The Morgan fingerprint density at radius 2 is 2.27 bits per heavy atom. The van der Waals surface area contributed by atoms with Crippen molar-refractivity contribution >= 4 is 33.4 Å². The number of aryl methyl sites for hydroxylation is 1. The fourth-order valence-electron chi connectivity index (χ4n) is 2.45. The van der Waals surface area contributed by atoms with Gasteiger partial charge < -0.3 is 15.2 Å². The Labute approximate surface area is 136 Å². The largest absolute Gasteiger partial charge is 0.338 e. The van der Waals surface area contributed by atoms with E-state index in [1.165, 1.54) is 6.08 Å². The topological polar surface area (TPSA) is 82.3 Å². The summed E-state index contributed by atoms with van der Waals surface area (Å²) in [6.45, 7) is 6.20. The number of carbonyl (C=O) groups excluding carboxylic acids is 2. The van der Waals surface area contributed by atoms with Gasteiger partial charge in [0.25, 0.3) is 5.56 Å². The molecule has 0 saturated carbocycles. The van der Waals surface area contributed by atoms with Crippen molar-refractivity contribution in [2.24, 2.45) is 5.92 Å². The third-order valence-electron chi connectivity index (χ3n) is 3.71. The third kappa shape index (κ3) is 3.65. The number of H-pyrrole nitrogens is 1. The fourth-order valence-corrected chi connectivity index (χ4v) is 2.77. The molecule has 0 bridgehead atoms. The number of likely N-dealkylation sites (tertiary alicyclic amines) is 1. The molecule has 2 rings (SSSR count). The van der Waals surface area contributed by atoms with Gasteiger partial charge in [-0.15, -0.1) is 0 Å². The van der Waals surface area contributed by atoms with Crippen LogP contribution in [0.3, 0.4) is 0 Å². The van der Waals surface area contributed by atoms with Crippen LogP contribution in [0.5, 0.6) is 0 Å². The van der Waals surface area contributed by atoms with E-state index < -0.39 is 0 Å². The van der Waals surface area contributed by atoms with E-state index in [2.05, 4.69) is 32.8 Å². The number of carbonyl (C=O) groups is 2. The molecule has 1 fully saturated rings. The van der Waals surface area contributed by atoms with Gasteiger partial charge in [-0.3, -0.25) is 14.4 Å². The van der Waals surface area contributed by atoms with Crippen LogP contribution in [0.2, 0.25) is 0 Å². The smallest absolute Gasteiger partial charge is 0.271 e. The summed E-state index contributed by atoms with van der Waals surface area (Å²) < 4.78 is 0.717. The SMILES string of the molecule is C=CC(=O)N1CCCC(C(=O)Nc2cc(Br)c(C)[nH]c2=O)C1. The van der Waals surface area contributed by atoms with Gasteiger partial charge in [-0.25, -0.2) is 0 Å². The molecule has 2 N–H and O–H groups in total. The maximum atomic E-state index is 12.3. The van der Waals surface area contributed by atoms with E-state index in [1.54, 1.807) is 17.9 Å². The Kier molecular flexibility index (Phi) is 5.18. The molecule has 0 spiro atoms. The molecule has 0 aliphatic carbocycles. The molecule has 1 aliphatic heterocycles. The van der Waals surface area contributed by atoms with Gasteiger partial charge in [0.1, 0.15) is 5.69 Å². The highest BCUT2D eigenvalue weighted by Crippen LogP contribution is 2.20. The molecule has 0 radical (unpaired) electrons. The molecule has 1 aliphatic rings. The zero-order valence-corrected chi connectivity index (χ0v) is 13.9. The van der Waals surface area contributed by atoms with Gasteiger partial charge in [-0.05, 0) is 47.8 Å². The van der Waals surface area contributed by atoms with Crippen molar-refractivity contribution in [1.29, 1.82) is 0 Å². The number of amides is 2. The highest BCUT2D eigenvalue weighted by molar-refractivity contribution is 9.10. The maximum Gasteiger partial charge on any atom is 0.271 e. The summed E-state index contributed by atoms with van der Waals surface area (Å²) in [6.07, 6.45) is 2.70. The van der Waals surface area contributed by atoms with Crippen molar-refractivity contribution in [3.8, 4) is 0 Å².